The monoisotopic (exact) mass is 436 g/mol. The van der Waals surface area contributed by atoms with Gasteiger partial charge in [0.15, 0.2) is 11.0 Å². The third-order valence-corrected chi connectivity index (χ3v) is 6.62. The predicted octanol–water partition coefficient (Wildman–Crippen LogP) is 4.62. The van der Waals surface area contributed by atoms with E-state index in [0.717, 1.165) is 35.7 Å². The predicted molar refractivity (Wildman–Crippen MR) is 124 cm³/mol. The molecule has 0 radical (unpaired) electrons. The summed E-state index contributed by atoms with van der Waals surface area (Å²) in [6.07, 6.45) is 4.81. The Morgan fingerprint density at radius 1 is 1.10 bits per heavy atom. The maximum atomic E-state index is 12.4. The van der Waals surface area contributed by atoms with Crippen molar-refractivity contribution in [2.75, 3.05) is 11.1 Å². The summed E-state index contributed by atoms with van der Waals surface area (Å²) in [4.78, 5) is 12.4. The number of ether oxygens (including phenoxy) is 1. The van der Waals surface area contributed by atoms with Crippen LogP contribution in [0.4, 0.5) is 5.69 Å². The topological polar surface area (TPSA) is 69.0 Å². The van der Waals surface area contributed by atoms with Gasteiger partial charge in [0.2, 0.25) is 5.91 Å². The van der Waals surface area contributed by atoms with Crippen molar-refractivity contribution < 1.29 is 9.53 Å². The second kappa shape index (κ2) is 9.56. The van der Waals surface area contributed by atoms with Crippen LogP contribution in [0.2, 0.25) is 0 Å². The Morgan fingerprint density at radius 2 is 1.90 bits per heavy atom. The summed E-state index contributed by atoms with van der Waals surface area (Å²) < 4.78 is 7.85. The van der Waals surface area contributed by atoms with Crippen molar-refractivity contribution in [2.45, 2.75) is 51.3 Å². The molecule has 0 aliphatic heterocycles. The Bertz CT molecular complexity index is 1090. The Kier molecular flexibility index (Phi) is 6.61. The minimum atomic E-state index is -0.0631. The van der Waals surface area contributed by atoms with Crippen molar-refractivity contribution in [3.05, 3.63) is 64.5 Å². The molecule has 1 aliphatic carbocycles. The lowest BCUT2D eigenvalue weighted by molar-refractivity contribution is -0.113. The Morgan fingerprint density at radius 3 is 2.71 bits per heavy atom. The number of rotatable bonds is 7. The molecule has 6 nitrogen and oxygen atoms in total. The summed E-state index contributed by atoms with van der Waals surface area (Å²) in [6.45, 7) is 4.38. The number of hydrogen-bond donors (Lipinski definition) is 1. The van der Waals surface area contributed by atoms with E-state index >= 15 is 0 Å². The van der Waals surface area contributed by atoms with Crippen molar-refractivity contribution in [1.82, 2.24) is 14.8 Å². The zero-order valence-corrected chi connectivity index (χ0v) is 19.1. The highest BCUT2D eigenvalue weighted by Crippen LogP contribution is 2.26. The highest BCUT2D eigenvalue weighted by molar-refractivity contribution is 7.99. The third-order valence-electron chi connectivity index (χ3n) is 5.60. The molecule has 31 heavy (non-hydrogen) atoms. The summed E-state index contributed by atoms with van der Waals surface area (Å²) >= 11 is 1.37. The molecule has 0 fully saturated rings. The molecule has 4 rings (SSSR count). The van der Waals surface area contributed by atoms with Gasteiger partial charge in [0.05, 0.1) is 5.75 Å². The Balaban J connectivity index is 1.31. The van der Waals surface area contributed by atoms with Crippen molar-refractivity contribution in [2.24, 2.45) is 7.05 Å². The van der Waals surface area contributed by atoms with E-state index in [4.69, 9.17) is 4.74 Å². The van der Waals surface area contributed by atoms with Gasteiger partial charge in [-0.05, 0) is 74.4 Å². The molecule has 3 aromatic rings. The third kappa shape index (κ3) is 5.28. The van der Waals surface area contributed by atoms with Crippen molar-refractivity contribution >= 4 is 23.4 Å². The first-order chi connectivity index (χ1) is 15.0. The van der Waals surface area contributed by atoms with Crippen LogP contribution in [0.3, 0.4) is 0 Å². The molecule has 1 amide bonds. The smallest absolute Gasteiger partial charge is 0.234 e. The molecular formula is C24H28N4O2S. The number of amides is 1. The molecule has 1 aliphatic rings. The van der Waals surface area contributed by atoms with E-state index in [2.05, 4.69) is 33.7 Å². The molecule has 1 heterocycles. The number of carbonyl (C=O) groups is 1. The van der Waals surface area contributed by atoms with Gasteiger partial charge < -0.3 is 14.6 Å². The lowest BCUT2D eigenvalue weighted by Gasteiger charge is -2.16. The van der Waals surface area contributed by atoms with Gasteiger partial charge in [0, 0.05) is 12.7 Å². The number of aryl methyl sites for hydroxylation is 4. The first-order valence-electron chi connectivity index (χ1n) is 10.6. The number of benzene rings is 2. The minimum Gasteiger partial charge on any atom is -0.486 e. The average Bonchev–Trinajstić information content (AvgIpc) is 3.12. The lowest BCUT2D eigenvalue weighted by atomic mass is 9.92. The number of nitrogens with zero attached hydrogens (tertiary/aromatic N) is 3. The van der Waals surface area contributed by atoms with Gasteiger partial charge in [-0.25, -0.2) is 0 Å². The largest absolute Gasteiger partial charge is 0.486 e. The van der Waals surface area contributed by atoms with E-state index in [1.807, 2.05) is 43.7 Å². The maximum absolute atomic E-state index is 12.4. The number of hydrogen-bond acceptors (Lipinski definition) is 5. The Labute approximate surface area is 187 Å². The van der Waals surface area contributed by atoms with E-state index < -0.39 is 0 Å². The van der Waals surface area contributed by atoms with Gasteiger partial charge in [0.25, 0.3) is 0 Å². The van der Waals surface area contributed by atoms with Crippen molar-refractivity contribution in [3.8, 4) is 5.75 Å². The van der Waals surface area contributed by atoms with Crippen LogP contribution in [0.25, 0.3) is 0 Å². The molecule has 2 aromatic carbocycles. The fourth-order valence-corrected chi connectivity index (χ4v) is 4.54. The molecule has 0 saturated heterocycles. The Hall–Kier alpha value is -2.80. The van der Waals surface area contributed by atoms with Crippen LogP contribution < -0.4 is 10.1 Å². The second-order valence-corrected chi connectivity index (χ2v) is 8.98. The molecular weight excluding hydrogens is 408 g/mol. The summed E-state index contributed by atoms with van der Waals surface area (Å²) in [5.74, 6) is 1.80. The highest BCUT2D eigenvalue weighted by Gasteiger charge is 2.14. The number of carbonyl (C=O) groups excluding carboxylic acids is 1. The van der Waals surface area contributed by atoms with Gasteiger partial charge in [-0.1, -0.05) is 35.5 Å². The van der Waals surface area contributed by atoms with Gasteiger partial charge in [-0.2, -0.15) is 0 Å². The molecule has 1 aromatic heterocycles. The van der Waals surface area contributed by atoms with Crippen LogP contribution in [-0.2, 0) is 31.3 Å². The first kappa shape index (κ1) is 21.4. The van der Waals surface area contributed by atoms with Crippen molar-refractivity contribution in [3.63, 3.8) is 0 Å². The first-order valence-corrected chi connectivity index (χ1v) is 11.6. The molecule has 0 saturated carbocycles. The fourth-order valence-electron chi connectivity index (χ4n) is 3.81. The maximum Gasteiger partial charge on any atom is 0.234 e. The van der Waals surface area contributed by atoms with Crippen molar-refractivity contribution in [1.29, 1.82) is 0 Å². The molecule has 0 atom stereocenters. The van der Waals surface area contributed by atoms with E-state index in [-0.39, 0.29) is 11.7 Å². The van der Waals surface area contributed by atoms with Crippen LogP contribution in [0.1, 0.15) is 40.9 Å². The lowest BCUT2D eigenvalue weighted by Crippen LogP contribution is -2.15. The van der Waals surface area contributed by atoms with Crippen LogP contribution in [0.5, 0.6) is 5.75 Å². The van der Waals surface area contributed by atoms with Gasteiger partial charge >= 0.3 is 0 Å². The normalized spacial score (nSPS) is 13.0. The molecule has 162 valence electrons. The summed E-state index contributed by atoms with van der Waals surface area (Å²) in [7, 11) is 1.90. The summed E-state index contributed by atoms with van der Waals surface area (Å²) in [5, 5.41) is 12.1. The minimum absolute atomic E-state index is 0.0631. The quantitative estimate of drug-likeness (QED) is 0.547. The van der Waals surface area contributed by atoms with E-state index in [1.54, 1.807) is 0 Å². The molecule has 0 unspecified atom stereocenters. The van der Waals surface area contributed by atoms with Gasteiger partial charge in [-0.15, -0.1) is 10.2 Å². The molecule has 0 spiro atoms. The van der Waals surface area contributed by atoms with Crippen LogP contribution in [0.15, 0.2) is 41.6 Å². The van der Waals surface area contributed by atoms with Crippen LogP contribution in [0, 0.1) is 13.8 Å². The number of thioether (sulfide) groups is 1. The van der Waals surface area contributed by atoms with Crippen LogP contribution in [-0.4, -0.2) is 26.4 Å². The summed E-state index contributed by atoms with van der Waals surface area (Å²) in [5.41, 5.74) is 5.91. The van der Waals surface area contributed by atoms with E-state index in [0.29, 0.717) is 11.8 Å². The number of anilines is 1. The SMILES string of the molecule is Cc1ccc(NC(=O)CSc2nnc(COc3ccc4c(c3)CCCC4)n2C)c(C)c1. The molecule has 7 heteroatoms. The number of aromatic nitrogens is 3. The fraction of sp³-hybridized carbons (Fsp3) is 0.375. The number of fused-ring (bicyclic) bond motifs is 1. The number of nitrogens with one attached hydrogen (secondary N) is 1. The van der Waals surface area contributed by atoms with E-state index in [1.165, 1.54) is 41.3 Å². The zero-order chi connectivity index (χ0) is 21.8. The highest BCUT2D eigenvalue weighted by atomic mass is 32.2. The molecule has 1 N–H and O–H groups in total. The van der Waals surface area contributed by atoms with Crippen LogP contribution >= 0.6 is 11.8 Å². The van der Waals surface area contributed by atoms with Gasteiger partial charge in [0.1, 0.15) is 12.4 Å². The summed E-state index contributed by atoms with van der Waals surface area (Å²) in [6, 6.07) is 12.3. The van der Waals surface area contributed by atoms with Gasteiger partial charge in [-0.3, -0.25) is 4.79 Å². The van der Waals surface area contributed by atoms with E-state index in [9.17, 15) is 4.79 Å². The molecule has 0 bridgehead atoms. The standard InChI is InChI=1S/C24H28N4O2S/c1-16-8-11-21(17(2)12-16)25-23(29)15-31-24-27-26-22(28(24)3)14-30-20-10-9-18-6-4-5-7-19(18)13-20/h8-13H,4-7,14-15H2,1-3H3,(H,25,29). The zero-order valence-electron chi connectivity index (χ0n) is 18.3. The second-order valence-electron chi connectivity index (χ2n) is 8.04. The average molecular weight is 437 g/mol.